The van der Waals surface area contributed by atoms with E-state index in [2.05, 4.69) is 82.7 Å². The number of aromatic nitrogens is 1. The fourth-order valence-corrected chi connectivity index (χ4v) is 2.94. The SMILES string of the molecule is Brc1ccc(-c2cnc3c(ccc4ccccc43)c2)cc1. The highest BCUT2D eigenvalue weighted by Crippen LogP contribution is 2.28. The van der Waals surface area contributed by atoms with Gasteiger partial charge in [0.15, 0.2) is 0 Å². The molecular formula is C19H12BrN. The Morgan fingerprint density at radius 1 is 0.714 bits per heavy atom. The van der Waals surface area contributed by atoms with Gasteiger partial charge in [-0.3, -0.25) is 4.98 Å². The smallest absolute Gasteiger partial charge is 0.0780 e. The van der Waals surface area contributed by atoms with Gasteiger partial charge in [0.2, 0.25) is 0 Å². The zero-order valence-electron chi connectivity index (χ0n) is 11.3. The minimum absolute atomic E-state index is 1.06. The zero-order chi connectivity index (χ0) is 14.2. The van der Waals surface area contributed by atoms with Crippen molar-refractivity contribution in [3.8, 4) is 11.1 Å². The Bertz CT molecular complexity index is 942. The van der Waals surface area contributed by atoms with E-state index in [0.717, 1.165) is 15.6 Å². The summed E-state index contributed by atoms with van der Waals surface area (Å²) in [5.41, 5.74) is 3.39. The lowest BCUT2D eigenvalue weighted by molar-refractivity contribution is 1.42. The Labute approximate surface area is 131 Å². The van der Waals surface area contributed by atoms with E-state index in [1.165, 1.54) is 21.7 Å². The van der Waals surface area contributed by atoms with E-state index in [4.69, 9.17) is 4.98 Å². The van der Waals surface area contributed by atoms with Gasteiger partial charge in [-0.2, -0.15) is 0 Å². The van der Waals surface area contributed by atoms with E-state index < -0.39 is 0 Å². The van der Waals surface area contributed by atoms with Gasteiger partial charge in [-0.15, -0.1) is 0 Å². The fourth-order valence-electron chi connectivity index (χ4n) is 2.67. The molecule has 0 atom stereocenters. The number of nitrogens with zero attached hydrogens (tertiary/aromatic N) is 1. The van der Waals surface area contributed by atoms with Gasteiger partial charge in [0, 0.05) is 27.0 Å². The lowest BCUT2D eigenvalue weighted by atomic mass is 10.0. The summed E-state index contributed by atoms with van der Waals surface area (Å²) in [6.07, 6.45) is 1.96. The molecule has 0 saturated carbocycles. The number of pyridine rings is 1. The van der Waals surface area contributed by atoms with Crippen molar-refractivity contribution >= 4 is 37.6 Å². The van der Waals surface area contributed by atoms with Gasteiger partial charge in [0.1, 0.15) is 0 Å². The van der Waals surface area contributed by atoms with E-state index in [1.54, 1.807) is 0 Å². The quantitative estimate of drug-likeness (QED) is 0.400. The lowest BCUT2D eigenvalue weighted by Crippen LogP contribution is -1.85. The predicted octanol–water partition coefficient (Wildman–Crippen LogP) is 5.82. The first-order valence-electron chi connectivity index (χ1n) is 6.85. The highest BCUT2D eigenvalue weighted by Gasteiger charge is 2.04. The van der Waals surface area contributed by atoms with Crippen molar-refractivity contribution in [1.29, 1.82) is 0 Å². The highest BCUT2D eigenvalue weighted by molar-refractivity contribution is 9.10. The Morgan fingerprint density at radius 2 is 1.48 bits per heavy atom. The van der Waals surface area contributed by atoms with Crippen molar-refractivity contribution in [2.45, 2.75) is 0 Å². The molecule has 0 aliphatic rings. The molecule has 1 heterocycles. The molecule has 0 bridgehead atoms. The maximum Gasteiger partial charge on any atom is 0.0780 e. The summed E-state index contributed by atoms with van der Waals surface area (Å²) >= 11 is 3.47. The average molecular weight is 334 g/mol. The highest BCUT2D eigenvalue weighted by atomic mass is 79.9. The molecule has 0 amide bonds. The molecule has 0 unspecified atom stereocenters. The van der Waals surface area contributed by atoms with Crippen LogP contribution < -0.4 is 0 Å². The molecule has 0 radical (unpaired) electrons. The zero-order valence-corrected chi connectivity index (χ0v) is 12.8. The second kappa shape index (κ2) is 4.97. The van der Waals surface area contributed by atoms with Crippen LogP contribution in [0.2, 0.25) is 0 Å². The van der Waals surface area contributed by atoms with Crippen LogP contribution in [0.25, 0.3) is 32.8 Å². The van der Waals surface area contributed by atoms with Crippen LogP contribution in [-0.2, 0) is 0 Å². The molecule has 0 N–H and O–H groups in total. The fraction of sp³-hybridized carbons (Fsp3) is 0. The summed E-state index contributed by atoms with van der Waals surface area (Å²) in [5, 5.41) is 3.61. The molecule has 3 aromatic carbocycles. The summed E-state index contributed by atoms with van der Waals surface area (Å²) in [6.45, 7) is 0. The summed E-state index contributed by atoms with van der Waals surface area (Å²) in [7, 11) is 0. The second-order valence-electron chi connectivity index (χ2n) is 5.09. The number of halogens is 1. The molecule has 4 rings (SSSR count). The van der Waals surface area contributed by atoms with Crippen molar-refractivity contribution in [3.05, 3.63) is 77.4 Å². The molecule has 100 valence electrons. The number of benzene rings is 3. The monoisotopic (exact) mass is 333 g/mol. The molecule has 2 heteroatoms. The van der Waals surface area contributed by atoms with Crippen molar-refractivity contribution < 1.29 is 0 Å². The molecule has 0 aliphatic carbocycles. The molecule has 21 heavy (non-hydrogen) atoms. The van der Waals surface area contributed by atoms with Crippen LogP contribution in [0, 0.1) is 0 Å². The molecular weight excluding hydrogens is 322 g/mol. The number of hydrogen-bond donors (Lipinski definition) is 0. The molecule has 0 spiro atoms. The molecule has 0 aliphatic heterocycles. The Hall–Kier alpha value is -2.19. The maximum absolute atomic E-state index is 4.70. The third-order valence-electron chi connectivity index (χ3n) is 3.75. The second-order valence-corrected chi connectivity index (χ2v) is 6.00. The first kappa shape index (κ1) is 12.5. The summed E-state index contributed by atoms with van der Waals surface area (Å²) in [4.78, 5) is 4.70. The van der Waals surface area contributed by atoms with Crippen LogP contribution in [0.3, 0.4) is 0 Å². The average Bonchev–Trinajstić information content (AvgIpc) is 2.55. The number of fused-ring (bicyclic) bond motifs is 3. The van der Waals surface area contributed by atoms with Gasteiger partial charge >= 0.3 is 0 Å². The normalized spacial score (nSPS) is 11.1. The van der Waals surface area contributed by atoms with Crippen LogP contribution in [0.15, 0.2) is 77.4 Å². The largest absolute Gasteiger partial charge is 0.255 e. The van der Waals surface area contributed by atoms with Gasteiger partial charge in [0.25, 0.3) is 0 Å². The van der Waals surface area contributed by atoms with Gasteiger partial charge in [-0.1, -0.05) is 64.5 Å². The third kappa shape index (κ3) is 2.22. The van der Waals surface area contributed by atoms with Gasteiger partial charge < -0.3 is 0 Å². The summed E-state index contributed by atoms with van der Waals surface area (Å²) in [5.74, 6) is 0. The van der Waals surface area contributed by atoms with Crippen LogP contribution in [0.1, 0.15) is 0 Å². The predicted molar refractivity (Wildman–Crippen MR) is 92.4 cm³/mol. The topological polar surface area (TPSA) is 12.9 Å². The van der Waals surface area contributed by atoms with Gasteiger partial charge in [-0.25, -0.2) is 0 Å². The summed E-state index contributed by atoms with van der Waals surface area (Å²) < 4.78 is 1.09. The Balaban J connectivity index is 1.94. The Morgan fingerprint density at radius 3 is 2.33 bits per heavy atom. The van der Waals surface area contributed by atoms with Crippen molar-refractivity contribution in [3.63, 3.8) is 0 Å². The first-order valence-corrected chi connectivity index (χ1v) is 7.64. The van der Waals surface area contributed by atoms with Gasteiger partial charge in [-0.05, 0) is 29.1 Å². The van der Waals surface area contributed by atoms with Crippen LogP contribution >= 0.6 is 15.9 Å². The number of hydrogen-bond acceptors (Lipinski definition) is 1. The van der Waals surface area contributed by atoms with Crippen molar-refractivity contribution in [2.24, 2.45) is 0 Å². The van der Waals surface area contributed by atoms with Crippen LogP contribution in [-0.4, -0.2) is 4.98 Å². The third-order valence-corrected chi connectivity index (χ3v) is 4.28. The maximum atomic E-state index is 4.70. The lowest BCUT2D eigenvalue weighted by Gasteiger charge is -2.06. The standard InChI is InChI=1S/C19H12BrN/c20-17-9-7-13(8-10-17)16-11-15-6-5-14-3-1-2-4-18(14)19(15)21-12-16/h1-12H. The van der Waals surface area contributed by atoms with E-state index in [0.29, 0.717) is 0 Å². The Kier molecular flexibility index (Phi) is 2.97. The molecule has 4 aromatic rings. The van der Waals surface area contributed by atoms with E-state index in [1.807, 2.05) is 6.20 Å². The van der Waals surface area contributed by atoms with Crippen LogP contribution in [0.4, 0.5) is 0 Å². The van der Waals surface area contributed by atoms with Crippen molar-refractivity contribution in [2.75, 3.05) is 0 Å². The minimum atomic E-state index is 1.06. The van der Waals surface area contributed by atoms with Gasteiger partial charge in [0.05, 0.1) is 5.52 Å². The number of rotatable bonds is 1. The van der Waals surface area contributed by atoms with Crippen molar-refractivity contribution in [1.82, 2.24) is 4.98 Å². The first-order chi connectivity index (χ1) is 10.3. The summed E-state index contributed by atoms with van der Waals surface area (Å²) in [6, 6.07) is 23.2. The van der Waals surface area contributed by atoms with E-state index in [9.17, 15) is 0 Å². The molecule has 0 fully saturated rings. The van der Waals surface area contributed by atoms with E-state index in [-0.39, 0.29) is 0 Å². The van der Waals surface area contributed by atoms with Crippen LogP contribution in [0.5, 0.6) is 0 Å². The minimum Gasteiger partial charge on any atom is -0.255 e. The molecule has 0 saturated heterocycles. The molecule has 1 aromatic heterocycles. The molecule has 1 nitrogen and oxygen atoms in total. The van der Waals surface area contributed by atoms with E-state index >= 15 is 0 Å².